The van der Waals surface area contributed by atoms with E-state index >= 15 is 0 Å². The van der Waals surface area contributed by atoms with Crippen molar-refractivity contribution in [1.29, 1.82) is 0 Å². The average Bonchev–Trinajstić information content (AvgIpc) is 2.45. The highest BCUT2D eigenvalue weighted by Gasteiger charge is 2.30. The minimum Gasteiger partial charge on any atom is -0.605 e. The van der Waals surface area contributed by atoms with Gasteiger partial charge in [0, 0.05) is 28.8 Å². The number of ketones is 1. The number of unbranched alkanes of at least 4 members (excludes halogenated alkanes) is 1. The number of rotatable bonds is 5. The maximum atomic E-state index is 11.3. The highest BCUT2D eigenvalue weighted by atomic mass is 33.1. The average molecular weight is 220 g/mol. The van der Waals surface area contributed by atoms with E-state index in [0.717, 1.165) is 31.4 Å². The predicted molar refractivity (Wildman–Crippen MR) is 58.2 cm³/mol. The van der Waals surface area contributed by atoms with Crippen LogP contribution >= 0.6 is 10.8 Å². The van der Waals surface area contributed by atoms with Crippen LogP contribution in [0, 0.1) is 0 Å². The maximum Gasteiger partial charge on any atom is 0.129 e. The normalized spacial score (nSPS) is 27.8. The zero-order valence-electron chi connectivity index (χ0n) is 7.95. The summed E-state index contributed by atoms with van der Waals surface area (Å²) in [5.74, 6) is 1.31. The van der Waals surface area contributed by atoms with E-state index in [4.69, 9.17) is 0 Å². The first kappa shape index (κ1) is 11.4. The molecule has 1 unspecified atom stereocenters. The first-order valence-electron chi connectivity index (χ1n) is 4.73. The molecule has 1 rings (SSSR count). The fraction of sp³-hybridized carbons (Fsp3) is 0.889. The Morgan fingerprint density at radius 3 is 2.92 bits per heavy atom. The zero-order valence-corrected chi connectivity index (χ0v) is 9.59. The fourth-order valence-electron chi connectivity index (χ4n) is 1.44. The summed E-state index contributed by atoms with van der Waals surface area (Å²) in [6.45, 7) is 1.63. The number of hydrogen-bond donors (Lipinski definition) is 0. The van der Waals surface area contributed by atoms with Crippen molar-refractivity contribution in [3.8, 4) is 0 Å². The Hall–Kier alpha value is 0.330. The molecule has 0 amide bonds. The lowest BCUT2D eigenvalue weighted by molar-refractivity contribution is -0.117. The van der Waals surface area contributed by atoms with Gasteiger partial charge in [0.1, 0.15) is 11.0 Å². The highest BCUT2D eigenvalue weighted by molar-refractivity contribution is 8.72. The van der Waals surface area contributed by atoms with Gasteiger partial charge < -0.3 is 9.35 Å². The Morgan fingerprint density at radius 2 is 2.38 bits per heavy atom. The van der Waals surface area contributed by atoms with Crippen molar-refractivity contribution in [2.75, 3.05) is 5.75 Å². The Balaban J connectivity index is 2.02. The third-order valence-electron chi connectivity index (χ3n) is 2.22. The molecule has 0 aromatic heterocycles. The van der Waals surface area contributed by atoms with Crippen LogP contribution in [-0.4, -0.2) is 21.3 Å². The molecular formula is C9H16O2S2. The quantitative estimate of drug-likeness (QED) is 0.405. The molecule has 0 aliphatic carbocycles. The molecule has 1 heterocycles. The van der Waals surface area contributed by atoms with Gasteiger partial charge in [-0.25, -0.2) is 0 Å². The summed E-state index contributed by atoms with van der Waals surface area (Å²) >= 11 is 0. The lowest BCUT2D eigenvalue weighted by Crippen LogP contribution is -2.12. The van der Waals surface area contributed by atoms with E-state index in [0.29, 0.717) is 11.7 Å². The fourth-order valence-corrected chi connectivity index (χ4v) is 4.93. The summed E-state index contributed by atoms with van der Waals surface area (Å²) in [5, 5.41) is 0.400. The molecule has 1 aliphatic heterocycles. The van der Waals surface area contributed by atoms with Crippen LogP contribution in [0.3, 0.4) is 0 Å². The van der Waals surface area contributed by atoms with E-state index in [1.807, 2.05) is 0 Å². The van der Waals surface area contributed by atoms with Gasteiger partial charge >= 0.3 is 0 Å². The second kappa shape index (κ2) is 5.94. The van der Waals surface area contributed by atoms with E-state index in [9.17, 15) is 9.35 Å². The van der Waals surface area contributed by atoms with Gasteiger partial charge in [0.05, 0.1) is 10.8 Å². The first-order valence-corrected chi connectivity index (χ1v) is 7.45. The van der Waals surface area contributed by atoms with Gasteiger partial charge in [0.25, 0.3) is 0 Å². The van der Waals surface area contributed by atoms with Crippen LogP contribution < -0.4 is 0 Å². The molecule has 0 spiro atoms. The Kier molecular flexibility index (Phi) is 5.21. The lowest BCUT2D eigenvalue weighted by Gasteiger charge is -2.10. The van der Waals surface area contributed by atoms with Crippen LogP contribution in [0.2, 0.25) is 0 Å². The number of carbonyl (C=O) groups is 1. The van der Waals surface area contributed by atoms with E-state index in [2.05, 4.69) is 0 Å². The molecule has 0 aromatic carbocycles. The van der Waals surface area contributed by atoms with Crippen LogP contribution in [-0.2, 0) is 15.0 Å². The second-order valence-electron chi connectivity index (χ2n) is 3.44. The van der Waals surface area contributed by atoms with Crippen molar-refractivity contribution in [2.24, 2.45) is 0 Å². The first-order chi connectivity index (χ1) is 6.20. The molecule has 0 aromatic rings. The standard InChI is InChI=1S/C9H16O2S2/c1-8(10)4-2-3-5-9-6-7-12-13(9)11/h9H,2-7H2,1H3/t9-,13?/m1/s1. The van der Waals surface area contributed by atoms with Crippen molar-refractivity contribution >= 4 is 26.8 Å². The number of carbonyl (C=O) groups excluding carboxylic acids is 1. The molecule has 4 heteroatoms. The molecule has 0 bridgehead atoms. The monoisotopic (exact) mass is 220 g/mol. The van der Waals surface area contributed by atoms with Crippen molar-refractivity contribution in [2.45, 2.75) is 44.3 Å². The van der Waals surface area contributed by atoms with E-state index in [1.54, 1.807) is 17.7 Å². The van der Waals surface area contributed by atoms with Gasteiger partial charge in [-0.15, -0.1) is 0 Å². The summed E-state index contributed by atoms with van der Waals surface area (Å²) in [5.41, 5.74) is 0. The molecule has 2 atom stereocenters. The molecule has 0 N–H and O–H groups in total. The second-order valence-corrected chi connectivity index (χ2v) is 6.97. The van der Waals surface area contributed by atoms with E-state index in [1.165, 1.54) is 0 Å². The Labute approximate surface area is 86.4 Å². The molecule has 0 radical (unpaired) electrons. The molecule has 1 fully saturated rings. The third-order valence-corrected chi connectivity index (χ3v) is 5.88. The van der Waals surface area contributed by atoms with Gasteiger partial charge in [-0.3, -0.25) is 0 Å². The van der Waals surface area contributed by atoms with Gasteiger partial charge in [-0.2, -0.15) is 0 Å². The van der Waals surface area contributed by atoms with Crippen LogP contribution in [0.25, 0.3) is 0 Å². The minimum atomic E-state index is -0.643. The van der Waals surface area contributed by atoms with Crippen molar-refractivity contribution in [3.05, 3.63) is 0 Å². The van der Waals surface area contributed by atoms with Gasteiger partial charge in [-0.05, 0) is 26.2 Å². The van der Waals surface area contributed by atoms with Crippen molar-refractivity contribution in [1.82, 2.24) is 0 Å². The molecule has 2 nitrogen and oxygen atoms in total. The highest BCUT2D eigenvalue weighted by Crippen LogP contribution is 2.33. The lowest BCUT2D eigenvalue weighted by atomic mass is 10.1. The van der Waals surface area contributed by atoms with E-state index < -0.39 is 10.2 Å². The van der Waals surface area contributed by atoms with Crippen LogP contribution in [0.4, 0.5) is 0 Å². The molecule has 1 aliphatic rings. The minimum absolute atomic E-state index is 0.266. The van der Waals surface area contributed by atoms with Crippen molar-refractivity contribution < 1.29 is 9.35 Å². The number of Topliss-reactive ketones (excluding diaryl/α,β-unsaturated/α-hetero) is 1. The van der Waals surface area contributed by atoms with Crippen molar-refractivity contribution in [3.63, 3.8) is 0 Å². The molecule has 0 saturated carbocycles. The third kappa shape index (κ3) is 4.38. The van der Waals surface area contributed by atoms with Gasteiger partial charge in [0.15, 0.2) is 0 Å². The summed E-state index contributed by atoms with van der Waals surface area (Å²) in [6, 6.07) is 0. The topological polar surface area (TPSA) is 40.1 Å². The van der Waals surface area contributed by atoms with Crippen LogP contribution in [0.15, 0.2) is 0 Å². The smallest absolute Gasteiger partial charge is 0.129 e. The maximum absolute atomic E-state index is 11.3. The SMILES string of the molecule is CC(=O)CCCC[C@@H]1CCS[S+]1[O-]. The summed E-state index contributed by atoms with van der Waals surface area (Å²) < 4.78 is 11.3. The molecule has 13 heavy (non-hydrogen) atoms. The molecule has 76 valence electrons. The summed E-state index contributed by atoms with van der Waals surface area (Å²) in [4.78, 5) is 10.6. The van der Waals surface area contributed by atoms with Gasteiger partial charge in [0.2, 0.25) is 0 Å². The summed E-state index contributed by atoms with van der Waals surface area (Å²) in [6.07, 6.45) is 4.83. The van der Waals surface area contributed by atoms with Gasteiger partial charge in [-0.1, -0.05) is 0 Å². The van der Waals surface area contributed by atoms with Crippen LogP contribution in [0.5, 0.6) is 0 Å². The Morgan fingerprint density at radius 1 is 1.62 bits per heavy atom. The Bertz CT molecular complexity index is 173. The molecular weight excluding hydrogens is 204 g/mol. The van der Waals surface area contributed by atoms with E-state index in [-0.39, 0.29) is 5.78 Å². The van der Waals surface area contributed by atoms with Crippen LogP contribution in [0.1, 0.15) is 39.0 Å². The zero-order chi connectivity index (χ0) is 9.68. The summed E-state index contributed by atoms with van der Waals surface area (Å²) in [7, 11) is 0.932. The molecule has 1 saturated heterocycles. The number of hydrogen-bond acceptors (Lipinski definition) is 3. The predicted octanol–water partition coefficient (Wildman–Crippen LogP) is 2.31. The largest absolute Gasteiger partial charge is 0.605 e.